The Morgan fingerprint density at radius 1 is 1.57 bits per heavy atom. The van der Waals surface area contributed by atoms with Crippen LogP contribution in [0.2, 0.25) is 0 Å². The summed E-state index contributed by atoms with van der Waals surface area (Å²) in [4.78, 5) is 16.5. The van der Waals surface area contributed by atoms with Gasteiger partial charge in [0.15, 0.2) is 0 Å². The lowest BCUT2D eigenvalue weighted by Gasteiger charge is -2.02. The Labute approximate surface area is 87.9 Å². The van der Waals surface area contributed by atoms with Crippen LogP contribution < -0.4 is 5.32 Å². The second kappa shape index (κ2) is 4.37. The maximum Gasteiger partial charge on any atom is 0.263 e. The van der Waals surface area contributed by atoms with E-state index >= 15 is 0 Å². The summed E-state index contributed by atoms with van der Waals surface area (Å²) in [6, 6.07) is 0. The first-order chi connectivity index (χ1) is 6.50. The van der Waals surface area contributed by atoms with Crippen molar-refractivity contribution in [1.82, 2.24) is 10.3 Å². The van der Waals surface area contributed by atoms with E-state index in [-0.39, 0.29) is 5.91 Å². The molecule has 0 aliphatic heterocycles. The molecular weight excluding hydrogens is 196 g/mol. The minimum atomic E-state index is -0.0592. The van der Waals surface area contributed by atoms with Gasteiger partial charge in [0.05, 0.1) is 10.7 Å². The molecule has 14 heavy (non-hydrogen) atoms. The van der Waals surface area contributed by atoms with Crippen LogP contribution in [-0.2, 0) is 0 Å². The van der Waals surface area contributed by atoms with Crippen molar-refractivity contribution < 1.29 is 4.79 Å². The number of amides is 1. The molecule has 0 radical (unpaired) electrons. The first-order valence-electron chi connectivity index (χ1n) is 4.37. The van der Waals surface area contributed by atoms with Crippen LogP contribution in [0.4, 0.5) is 0 Å². The minimum absolute atomic E-state index is 0.0592. The quantitative estimate of drug-likeness (QED) is 0.776. The highest BCUT2D eigenvalue weighted by Gasteiger charge is 2.12. The summed E-state index contributed by atoms with van der Waals surface area (Å²) in [6.07, 6.45) is 0. The van der Waals surface area contributed by atoms with Crippen LogP contribution in [0.25, 0.3) is 0 Å². The highest BCUT2D eigenvalue weighted by Crippen LogP contribution is 2.16. The number of rotatable bonds is 3. The van der Waals surface area contributed by atoms with E-state index in [4.69, 9.17) is 0 Å². The Morgan fingerprint density at radius 2 is 2.21 bits per heavy atom. The zero-order valence-corrected chi connectivity index (χ0v) is 9.49. The van der Waals surface area contributed by atoms with Gasteiger partial charge in [0.25, 0.3) is 5.91 Å². The van der Waals surface area contributed by atoms with Crippen LogP contribution in [-0.4, -0.2) is 17.4 Å². The number of carbonyl (C=O) groups is 1. The molecule has 0 saturated heterocycles. The van der Waals surface area contributed by atoms with E-state index in [0.717, 1.165) is 16.3 Å². The molecule has 3 nitrogen and oxygen atoms in total. The van der Waals surface area contributed by atoms with E-state index in [0.29, 0.717) is 11.4 Å². The average molecular weight is 210 g/mol. The molecule has 1 N–H and O–H groups in total. The van der Waals surface area contributed by atoms with Gasteiger partial charge in [-0.2, -0.15) is 0 Å². The van der Waals surface area contributed by atoms with Crippen molar-refractivity contribution >= 4 is 17.2 Å². The van der Waals surface area contributed by atoms with E-state index < -0.39 is 0 Å². The van der Waals surface area contributed by atoms with Crippen molar-refractivity contribution in [3.8, 4) is 0 Å². The molecule has 0 bridgehead atoms. The van der Waals surface area contributed by atoms with Crippen molar-refractivity contribution in [3.05, 3.63) is 27.7 Å². The largest absolute Gasteiger partial charge is 0.348 e. The van der Waals surface area contributed by atoms with Gasteiger partial charge in [0, 0.05) is 6.54 Å². The SMILES string of the molecule is C=C(C)CNC(=O)c1sc(C)nc1C. The van der Waals surface area contributed by atoms with E-state index in [1.54, 1.807) is 0 Å². The van der Waals surface area contributed by atoms with E-state index in [1.807, 2.05) is 20.8 Å². The fourth-order valence-electron chi connectivity index (χ4n) is 1.05. The van der Waals surface area contributed by atoms with Gasteiger partial charge in [-0.05, 0) is 20.8 Å². The first kappa shape index (κ1) is 10.9. The fraction of sp³-hybridized carbons (Fsp3) is 0.400. The molecule has 0 fully saturated rings. The number of thiazole rings is 1. The Kier molecular flexibility index (Phi) is 3.41. The van der Waals surface area contributed by atoms with Gasteiger partial charge in [-0.15, -0.1) is 11.3 Å². The van der Waals surface area contributed by atoms with Gasteiger partial charge in [-0.25, -0.2) is 4.98 Å². The monoisotopic (exact) mass is 210 g/mol. The van der Waals surface area contributed by atoms with Crippen LogP contribution in [0.15, 0.2) is 12.2 Å². The molecule has 0 atom stereocenters. The third kappa shape index (κ3) is 2.67. The number of nitrogens with zero attached hydrogens (tertiary/aromatic N) is 1. The number of nitrogens with one attached hydrogen (secondary N) is 1. The van der Waals surface area contributed by atoms with Crippen molar-refractivity contribution in [2.45, 2.75) is 20.8 Å². The Morgan fingerprint density at radius 3 is 2.64 bits per heavy atom. The van der Waals surface area contributed by atoms with Gasteiger partial charge in [0.1, 0.15) is 4.88 Å². The first-order valence-corrected chi connectivity index (χ1v) is 5.19. The molecule has 1 aromatic heterocycles. The smallest absolute Gasteiger partial charge is 0.263 e. The molecule has 0 saturated carbocycles. The summed E-state index contributed by atoms with van der Waals surface area (Å²) >= 11 is 1.42. The van der Waals surface area contributed by atoms with E-state index in [2.05, 4.69) is 16.9 Å². The number of carbonyl (C=O) groups excluding carboxylic acids is 1. The van der Waals surface area contributed by atoms with Crippen molar-refractivity contribution in [2.24, 2.45) is 0 Å². The van der Waals surface area contributed by atoms with Crippen LogP contribution >= 0.6 is 11.3 Å². The number of hydrogen-bond acceptors (Lipinski definition) is 3. The second-order valence-electron chi connectivity index (χ2n) is 3.29. The van der Waals surface area contributed by atoms with Crippen molar-refractivity contribution in [3.63, 3.8) is 0 Å². The normalized spacial score (nSPS) is 9.93. The molecule has 76 valence electrons. The van der Waals surface area contributed by atoms with Gasteiger partial charge in [-0.3, -0.25) is 4.79 Å². The third-order valence-corrected chi connectivity index (χ3v) is 2.73. The fourth-order valence-corrected chi connectivity index (χ4v) is 1.89. The Balaban J connectivity index is 2.69. The molecular formula is C10H14N2OS. The second-order valence-corrected chi connectivity index (χ2v) is 4.49. The molecule has 1 amide bonds. The number of aryl methyl sites for hydroxylation is 2. The standard InChI is InChI=1S/C10H14N2OS/c1-6(2)5-11-10(13)9-7(3)12-8(4)14-9/h1,5H2,2-4H3,(H,11,13). The summed E-state index contributed by atoms with van der Waals surface area (Å²) in [5.41, 5.74) is 1.74. The predicted octanol–water partition coefficient (Wildman–Crippen LogP) is 2.07. The average Bonchev–Trinajstić information content (AvgIpc) is 2.41. The third-order valence-electron chi connectivity index (χ3n) is 1.66. The summed E-state index contributed by atoms with van der Waals surface area (Å²) in [5, 5.41) is 3.70. The Bertz CT molecular complexity index is 368. The van der Waals surface area contributed by atoms with Crippen molar-refractivity contribution in [2.75, 3.05) is 6.54 Å². The lowest BCUT2D eigenvalue weighted by Crippen LogP contribution is -2.24. The summed E-state index contributed by atoms with van der Waals surface area (Å²) in [5.74, 6) is -0.0592. The molecule has 4 heteroatoms. The van der Waals surface area contributed by atoms with Crippen LogP contribution in [0.5, 0.6) is 0 Å². The van der Waals surface area contributed by atoms with Gasteiger partial charge >= 0.3 is 0 Å². The van der Waals surface area contributed by atoms with Crippen molar-refractivity contribution in [1.29, 1.82) is 0 Å². The zero-order chi connectivity index (χ0) is 10.7. The molecule has 0 unspecified atom stereocenters. The maximum absolute atomic E-state index is 11.6. The topological polar surface area (TPSA) is 42.0 Å². The van der Waals surface area contributed by atoms with Crippen LogP contribution in [0.3, 0.4) is 0 Å². The van der Waals surface area contributed by atoms with Gasteiger partial charge in [-0.1, -0.05) is 12.2 Å². The number of hydrogen-bond donors (Lipinski definition) is 1. The molecule has 0 aromatic carbocycles. The lowest BCUT2D eigenvalue weighted by molar-refractivity contribution is 0.0960. The highest BCUT2D eigenvalue weighted by molar-refractivity contribution is 7.13. The van der Waals surface area contributed by atoms with Gasteiger partial charge in [0.2, 0.25) is 0 Å². The highest BCUT2D eigenvalue weighted by atomic mass is 32.1. The maximum atomic E-state index is 11.6. The molecule has 0 aliphatic rings. The summed E-state index contributed by atoms with van der Waals surface area (Å²) < 4.78 is 0. The zero-order valence-electron chi connectivity index (χ0n) is 8.68. The molecule has 1 heterocycles. The predicted molar refractivity (Wildman–Crippen MR) is 58.7 cm³/mol. The summed E-state index contributed by atoms with van der Waals surface area (Å²) in [6.45, 7) is 9.87. The molecule has 0 spiro atoms. The van der Waals surface area contributed by atoms with E-state index in [1.165, 1.54) is 11.3 Å². The Hall–Kier alpha value is -1.16. The molecule has 1 rings (SSSR count). The van der Waals surface area contributed by atoms with Crippen LogP contribution in [0.1, 0.15) is 27.3 Å². The molecule has 1 aromatic rings. The van der Waals surface area contributed by atoms with Crippen LogP contribution in [0, 0.1) is 13.8 Å². The molecule has 0 aliphatic carbocycles. The summed E-state index contributed by atoms with van der Waals surface area (Å²) in [7, 11) is 0. The lowest BCUT2D eigenvalue weighted by atomic mass is 10.3. The minimum Gasteiger partial charge on any atom is -0.348 e. The van der Waals surface area contributed by atoms with Gasteiger partial charge < -0.3 is 5.32 Å². The van der Waals surface area contributed by atoms with E-state index in [9.17, 15) is 4.79 Å². The number of aromatic nitrogens is 1.